The molecule has 0 heterocycles. The van der Waals surface area contributed by atoms with Crippen LogP contribution in [0, 0.1) is 0 Å². The zero-order chi connectivity index (χ0) is 8.60. The van der Waals surface area contributed by atoms with Crippen molar-refractivity contribution in [3.63, 3.8) is 0 Å². The first-order valence-corrected chi connectivity index (χ1v) is 3.89. The van der Waals surface area contributed by atoms with Crippen LogP contribution in [-0.2, 0) is 6.42 Å². The maximum atomic E-state index is 9.29. The number of aliphatic hydroxyl groups is 2. The van der Waals surface area contributed by atoms with Crippen molar-refractivity contribution in [2.45, 2.75) is 12.2 Å². The van der Waals surface area contributed by atoms with E-state index in [4.69, 9.17) is 0 Å². The van der Waals surface area contributed by atoms with Gasteiger partial charge in [-0.25, -0.2) is 0 Å². The van der Waals surface area contributed by atoms with Crippen LogP contribution in [0.5, 0.6) is 0 Å². The minimum atomic E-state index is -1.66. The minimum absolute atomic E-state index is 0.277. The largest absolute Gasteiger partial charge is 0.362 e. The Hall–Kier alpha value is -1.12. The molecule has 62 valence electrons. The van der Waals surface area contributed by atoms with Crippen LogP contribution >= 0.6 is 0 Å². The zero-order valence-electron chi connectivity index (χ0n) is 6.57. The number of benzene rings is 1. The highest BCUT2D eigenvalue weighted by atomic mass is 16.5. The average molecular weight is 162 g/mol. The second-order valence-corrected chi connectivity index (χ2v) is 3.09. The van der Waals surface area contributed by atoms with Gasteiger partial charge in [-0.05, 0) is 17.2 Å². The molecule has 0 saturated heterocycles. The lowest BCUT2D eigenvalue weighted by Gasteiger charge is -2.22. The summed E-state index contributed by atoms with van der Waals surface area (Å²) in [6.45, 7) is 0. The van der Waals surface area contributed by atoms with Crippen molar-refractivity contribution in [2.24, 2.45) is 0 Å². The topological polar surface area (TPSA) is 40.5 Å². The molecule has 1 aromatic rings. The number of fused-ring (bicyclic) bond motifs is 1. The Bertz CT molecular complexity index is 326. The molecule has 0 aliphatic heterocycles. The smallest absolute Gasteiger partial charge is 0.187 e. The average Bonchev–Trinajstić information content (AvgIpc) is 2.02. The van der Waals surface area contributed by atoms with E-state index in [-0.39, 0.29) is 6.42 Å². The summed E-state index contributed by atoms with van der Waals surface area (Å²) in [6.07, 6.45) is 3.42. The van der Waals surface area contributed by atoms with Crippen LogP contribution in [0.2, 0.25) is 0 Å². The third-order valence-corrected chi connectivity index (χ3v) is 2.04. The molecule has 1 aromatic carbocycles. The Labute approximate surface area is 70.8 Å². The van der Waals surface area contributed by atoms with Crippen LogP contribution in [0.25, 0.3) is 6.08 Å². The molecule has 0 unspecified atom stereocenters. The quantitative estimate of drug-likeness (QED) is 0.557. The Kier molecular flexibility index (Phi) is 1.53. The maximum absolute atomic E-state index is 9.29. The van der Waals surface area contributed by atoms with Crippen LogP contribution in [0.15, 0.2) is 30.3 Å². The molecule has 0 radical (unpaired) electrons. The van der Waals surface area contributed by atoms with Crippen molar-refractivity contribution in [3.05, 3.63) is 41.5 Å². The number of hydrogen-bond acceptors (Lipinski definition) is 2. The molecule has 2 heteroatoms. The third-order valence-electron chi connectivity index (χ3n) is 2.04. The van der Waals surface area contributed by atoms with Crippen LogP contribution in [0.3, 0.4) is 0 Å². The monoisotopic (exact) mass is 162 g/mol. The maximum Gasteiger partial charge on any atom is 0.187 e. The summed E-state index contributed by atoms with van der Waals surface area (Å²) in [4.78, 5) is 0. The molecule has 2 rings (SSSR count). The second kappa shape index (κ2) is 2.44. The first-order chi connectivity index (χ1) is 5.67. The van der Waals surface area contributed by atoms with E-state index in [9.17, 15) is 10.2 Å². The van der Waals surface area contributed by atoms with Crippen LogP contribution in [0.4, 0.5) is 0 Å². The van der Waals surface area contributed by atoms with Gasteiger partial charge < -0.3 is 10.2 Å². The lowest BCUT2D eigenvalue weighted by Crippen LogP contribution is -2.30. The van der Waals surface area contributed by atoms with E-state index >= 15 is 0 Å². The third kappa shape index (κ3) is 1.26. The molecule has 0 aromatic heterocycles. The van der Waals surface area contributed by atoms with Crippen LogP contribution < -0.4 is 0 Å². The molecule has 0 bridgehead atoms. The van der Waals surface area contributed by atoms with Gasteiger partial charge in [-0.15, -0.1) is 0 Å². The van der Waals surface area contributed by atoms with Crippen molar-refractivity contribution < 1.29 is 10.2 Å². The molecule has 0 spiro atoms. The van der Waals surface area contributed by atoms with Gasteiger partial charge in [0.1, 0.15) is 0 Å². The van der Waals surface area contributed by atoms with Gasteiger partial charge in [0.2, 0.25) is 0 Å². The molecular weight excluding hydrogens is 152 g/mol. The number of hydrogen-bond donors (Lipinski definition) is 2. The number of rotatable bonds is 0. The van der Waals surface area contributed by atoms with Gasteiger partial charge in [0.15, 0.2) is 5.79 Å². The molecule has 0 fully saturated rings. The highest BCUT2D eigenvalue weighted by Crippen LogP contribution is 2.23. The van der Waals surface area contributed by atoms with Crippen molar-refractivity contribution in [2.75, 3.05) is 0 Å². The van der Waals surface area contributed by atoms with Crippen molar-refractivity contribution in [1.29, 1.82) is 0 Å². The molecule has 0 amide bonds. The highest BCUT2D eigenvalue weighted by molar-refractivity contribution is 5.57. The lowest BCUT2D eigenvalue weighted by molar-refractivity contribution is -0.116. The fourth-order valence-electron chi connectivity index (χ4n) is 1.42. The Balaban J connectivity index is 2.46. The Morgan fingerprint density at radius 2 is 1.92 bits per heavy atom. The van der Waals surface area contributed by atoms with Crippen molar-refractivity contribution in [1.82, 2.24) is 0 Å². The first kappa shape index (κ1) is 7.53. The zero-order valence-corrected chi connectivity index (χ0v) is 6.57. The van der Waals surface area contributed by atoms with Gasteiger partial charge in [-0.2, -0.15) is 0 Å². The molecule has 1 aliphatic carbocycles. The summed E-state index contributed by atoms with van der Waals surface area (Å²) in [5.41, 5.74) is 2.04. The lowest BCUT2D eigenvalue weighted by atomic mass is 9.94. The summed E-state index contributed by atoms with van der Waals surface area (Å²) in [7, 11) is 0. The fraction of sp³-hybridized carbons (Fsp3) is 0.200. The molecule has 2 N–H and O–H groups in total. The van der Waals surface area contributed by atoms with Gasteiger partial charge >= 0.3 is 0 Å². The van der Waals surface area contributed by atoms with E-state index in [0.29, 0.717) is 0 Å². The van der Waals surface area contributed by atoms with E-state index < -0.39 is 5.79 Å². The van der Waals surface area contributed by atoms with Gasteiger partial charge in [-0.3, -0.25) is 0 Å². The predicted molar refractivity (Wildman–Crippen MR) is 46.3 cm³/mol. The molecule has 0 atom stereocenters. The fourth-order valence-corrected chi connectivity index (χ4v) is 1.42. The van der Waals surface area contributed by atoms with Gasteiger partial charge in [0.05, 0.1) is 0 Å². The highest BCUT2D eigenvalue weighted by Gasteiger charge is 2.23. The molecule has 1 aliphatic rings. The first-order valence-electron chi connectivity index (χ1n) is 3.89. The summed E-state index contributed by atoms with van der Waals surface area (Å²) >= 11 is 0. The normalized spacial score (nSPS) is 18.8. The molecule has 12 heavy (non-hydrogen) atoms. The Morgan fingerprint density at radius 3 is 2.75 bits per heavy atom. The van der Waals surface area contributed by atoms with Gasteiger partial charge in [-0.1, -0.05) is 30.3 Å². The predicted octanol–water partition coefficient (Wildman–Crippen LogP) is 0.937. The standard InChI is InChI=1S/C10H10O2/c11-10(12)6-5-8-3-1-2-4-9(8)7-10/h1-6,11-12H,7H2. The summed E-state index contributed by atoms with van der Waals surface area (Å²) in [6, 6.07) is 7.69. The van der Waals surface area contributed by atoms with Gasteiger partial charge in [0, 0.05) is 6.42 Å². The Morgan fingerprint density at radius 1 is 1.17 bits per heavy atom. The summed E-state index contributed by atoms with van der Waals surface area (Å²) in [5, 5.41) is 18.6. The van der Waals surface area contributed by atoms with Crippen LogP contribution in [-0.4, -0.2) is 16.0 Å². The van der Waals surface area contributed by atoms with E-state index in [0.717, 1.165) is 11.1 Å². The van der Waals surface area contributed by atoms with E-state index in [1.54, 1.807) is 6.08 Å². The van der Waals surface area contributed by atoms with E-state index in [1.165, 1.54) is 6.08 Å². The van der Waals surface area contributed by atoms with Crippen molar-refractivity contribution in [3.8, 4) is 0 Å². The summed E-state index contributed by atoms with van der Waals surface area (Å²) < 4.78 is 0. The second-order valence-electron chi connectivity index (χ2n) is 3.09. The van der Waals surface area contributed by atoms with E-state index in [1.807, 2.05) is 24.3 Å². The van der Waals surface area contributed by atoms with Crippen molar-refractivity contribution >= 4 is 6.08 Å². The summed E-state index contributed by atoms with van der Waals surface area (Å²) in [5.74, 6) is -1.66. The van der Waals surface area contributed by atoms with Gasteiger partial charge in [0.25, 0.3) is 0 Å². The molecule has 2 nitrogen and oxygen atoms in total. The SMILES string of the molecule is OC1(O)C=Cc2ccccc2C1. The van der Waals surface area contributed by atoms with Crippen LogP contribution in [0.1, 0.15) is 11.1 Å². The van der Waals surface area contributed by atoms with E-state index in [2.05, 4.69) is 0 Å². The minimum Gasteiger partial charge on any atom is -0.362 e. The molecule has 0 saturated carbocycles. The molecular formula is C10H10O2.